The molecule has 1 aliphatic heterocycles. The molecule has 28 heavy (non-hydrogen) atoms. The van der Waals surface area contributed by atoms with Gasteiger partial charge < -0.3 is 15.0 Å². The largest absolute Gasteiger partial charge is 0.378 e. The first-order chi connectivity index (χ1) is 13.4. The topological polar surface area (TPSA) is 24.5 Å². The number of nitrogens with zero attached hydrogens (tertiary/aromatic N) is 1. The van der Waals surface area contributed by atoms with Crippen LogP contribution in [-0.4, -0.2) is 32.8 Å². The van der Waals surface area contributed by atoms with Gasteiger partial charge in [0.15, 0.2) is 0 Å². The molecule has 0 radical (unpaired) electrons. The molecule has 2 aromatic carbocycles. The van der Waals surface area contributed by atoms with E-state index in [0.717, 1.165) is 32.5 Å². The average Bonchev–Trinajstić information content (AvgIpc) is 2.68. The van der Waals surface area contributed by atoms with E-state index in [0.29, 0.717) is 11.8 Å². The second kappa shape index (κ2) is 9.58. The van der Waals surface area contributed by atoms with Crippen LogP contribution in [0.3, 0.4) is 0 Å². The van der Waals surface area contributed by atoms with Crippen LogP contribution in [0.4, 0.5) is 5.69 Å². The van der Waals surface area contributed by atoms with Gasteiger partial charge in [0, 0.05) is 32.9 Å². The van der Waals surface area contributed by atoms with Crippen molar-refractivity contribution in [2.75, 3.05) is 32.1 Å². The third-order valence-electron chi connectivity index (χ3n) is 5.95. The normalized spacial score (nSPS) is 19.9. The SMILES string of the molecule is CN(C)c1ccc(CNCC[C@@H](c2ccccc2)[C@H]2CCOC(C)(C)C2)cc1. The summed E-state index contributed by atoms with van der Waals surface area (Å²) in [6.07, 6.45) is 3.47. The van der Waals surface area contributed by atoms with Crippen LogP contribution in [0.15, 0.2) is 54.6 Å². The number of hydrogen-bond donors (Lipinski definition) is 1. The summed E-state index contributed by atoms with van der Waals surface area (Å²) in [6.45, 7) is 7.31. The zero-order valence-corrected chi connectivity index (χ0v) is 17.9. The lowest BCUT2D eigenvalue weighted by Gasteiger charge is -2.39. The molecule has 152 valence electrons. The Balaban J connectivity index is 1.57. The van der Waals surface area contributed by atoms with Gasteiger partial charge in [0.05, 0.1) is 5.60 Å². The lowest BCUT2D eigenvalue weighted by Crippen LogP contribution is -2.36. The molecule has 0 amide bonds. The van der Waals surface area contributed by atoms with Crippen molar-refractivity contribution < 1.29 is 4.74 Å². The molecular weight excluding hydrogens is 344 g/mol. The molecule has 0 saturated carbocycles. The summed E-state index contributed by atoms with van der Waals surface area (Å²) in [6, 6.07) is 19.9. The molecule has 1 N–H and O–H groups in total. The van der Waals surface area contributed by atoms with Crippen molar-refractivity contribution in [3.63, 3.8) is 0 Å². The van der Waals surface area contributed by atoms with Crippen LogP contribution in [-0.2, 0) is 11.3 Å². The molecule has 0 aliphatic carbocycles. The highest BCUT2D eigenvalue weighted by Crippen LogP contribution is 2.39. The van der Waals surface area contributed by atoms with E-state index < -0.39 is 0 Å². The monoisotopic (exact) mass is 380 g/mol. The first-order valence-electron chi connectivity index (χ1n) is 10.6. The fourth-order valence-corrected chi connectivity index (χ4v) is 4.40. The minimum absolute atomic E-state index is 0.00242. The number of nitrogens with one attached hydrogen (secondary N) is 1. The van der Waals surface area contributed by atoms with Crippen LogP contribution in [0.25, 0.3) is 0 Å². The van der Waals surface area contributed by atoms with Crippen molar-refractivity contribution in [3.05, 3.63) is 65.7 Å². The Hall–Kier alpha value is -1.84. The Labute approximate surface area is 171 Å². The van der Waals surface area contributed by atoms with Crippen molar-refractivity contribution in [2.24, 2.45) is 5.92 Å². The van der Waals surface area contributed by atoms with E-state index in [9.17, 15) is 0 Å². The summed E-state index contributed by atoms with van der Waals surface area (Å²) in [5.74, 6) is 1.28. The highest BCUT2D eigenvalue weighted by molar-refractivity contribution is 5.45. The van der Waals surface area contributed by atoms with Crippen LogP contribution in [0.1, 0.15) is 50.2 Å². The van der Waals surface area contributed by atoms with Crippen LogP contribution in [0.5, 0.6) is 0 Å². The minimum atomic E-state index is -0.00242. The van der Waals surface area contributed by atoms with Crippen LogP contribution in [0.2, 0.25) is 0 Å². The first kappa shape index (κ1) is 20.9. The van der Waals surface area contributed by atoms with E-state index >= 15 is 0 Å². The van der Waals surface area contributed by atoms with Gasteiger partial charge in [-0.15, -0.1) is 0 Å². The summed E-state index contributed by atoms with van der Waals surface area (Å²) in [4.78, 5) is 2.14. The standard InChI is InChI=1S/C25H36N2O/c1-25(2)18-22(15-17-28-25)24(21-8-6-5-7-9-21)14-16-26-19-20-10-12-23(13-11-20)27(3)4/h5-13,22,24,26H,14-19H2,1-4H3/t22-,24-/m0/s1. The quantitative estimate of drug-likeness (QED) is 0.635. The molecule has 0 bridgehead atoms. The molecule has 3 heteroatoms. The van der Waals surface area contributed by atoms with Crippen LogP contribution < -0.4 is 10.2 Å². The summed E-state index contributed by atoms with van der Waals surface area (Å²) >= 11 is 0. The van der Waals surface area contributed by atoms with Crippen molar-refractivity contribution in [2.45, 2.75) is 51.2 Å². The van der Waals surface area contributed by atoms with Crippen LogP contribution in [0, 0.1) is 5.92 Å². The van der Waals surface area contributed by atoms with E-state index in [-0.39, 0.29) is 5.60 Å². The summed E-state index contributed by atoms with van der Waals surface area (Å²) < 4.78 is 5.97. The van der Waals surface area contributed by atoms with Gasteiger partial charge >= 0.3 is 0 Å². The molecule has 2 atom stereocenters. The van der Waals surface area contributed by atoms with E-state index in [1.165, 1.54) is 23.2 Å². The third-order valence-corrected chi connectivity index (χ3v) is 5.95. The van der Waals surface area contributed by atoms with E-state index in [1.807, 2.05) is 0 Å². The molecule has 1 heterocycles. The Morgan fingerprint density at radius 2 is 1.79 bits per heavy atom. The van der Waals surface area contributed by atoms with Crippen molar-refractivity contribution >= 4 is 5.69 Å². The maximum atomic E-state index is 5.97. The third kappa shape index (κ3) is 5.83. The fraction of sp³-hybridized carbons (Fsp3) is 0.520. The lowest BCUT2D eigenvalue weighted by atomic mass is 9.75. The number of ether oxygens (including phenoxy) is 1. The second-order valence-corrected chi connectivity index (χ2v) is 8.90. The van der Waals surface area contributed by atoms with Crippen molar-refractivity contribution in [1.29, 1.82) is 0 Å². The zero-order valence-electron chi connectivity index (χ0n) is 17.9. The lowest BCUT2D eigenvalue weighted by molar-refractivity contribution is -0.0771. The van der Waals surface area contributed by atoms with Gasteiger partial charge in [0.25, 0.3) is 0 Å². The Morgan fingerprint density at radius 1 is 1.07 bits per heavy atom. The Morgan fingerprint density at radius 3 is 2.43 bits per heavy atom. The highest BCUT2D eigenvalue weighted by atomic mass is 16.5. The predicted octanol–water partition coefficient (Wildman–Crippen LogP) is 5.22. The molecule has 3 rings (SSSR count). The molecule has 1 fully saturated rings. The Kier molecular flexibility index (Phi) is 7.14. The zero-order chi connectivity index (χ0) is 20.0. The number of rotatable bonds is 8. The van der Waals surface area contributed by atoms with Gasteiger partial charge in [0.1, 0.15) is 0 Å². The highest BCUT2D eigenvalue weighted by Gasteiger charge is 2.33. The molecule has 0 aromatic heterocycles. The number of hydrogen-bond acceptors (Lipinski definition) is 3. The minimum Gasteiger partial charge on any atom is -0.378 e. The predicted molar refractivity (Wildman–Crippen MR) is 119 cm³/mol. The Bertz CT molecular complexity index is 709. The fourth-order valence-electron chi connectivity index (χ4n) is 4.40. The molecule has 0 unspecified atom stereocenters. The average molecular weight is 381 g/mol. The van der Waals surface area contributed by atoms with Gasteiger partial charge in [-0.2, -0.15) is 0 Å². The van der Waals surface area contributed by atoms with Crippen molar-refractivity contribution in [1.82, 2.24) is 5.32 Å². The van der Waals surface area contributed by atoms with E-state index in [2.05, 4.69) is 92.8 Å². The molecular formula is C25H36N2O. The van der Waals surface area contributed by atoms with Gasteiger partial charge in [-0.05, 0) is 74.8 Å². The van der Waals surface area contributed by atoms with Gasteiger partial charge in [-0.25, -0.2) is 0 Å². The maximum absolute atomic E-state index is 5.97. The van der Waals surface area contributed by atoms with Crippen LogP contribution >= 0.6 is 0 Å². The summed E-state index contributed by atoms with van der Waals surface area (Å²) in [5.41, 5.74) is 4.06. The number of benzene rings is 2. The van der Waals surface area contributed by atoms with Gasteiger partial charge in [-0.3, -0.25) is 0 Å². The summed E-state index contributed by atoms with van der Waals surface area (Å²) in [7, 11) is 4.16. The van der Waals surface area contributed by atoms with E-state index in [4.69, 9.17) is 4.74 Å². The molecule has 1 aliphatic rings. The first-order valence-corrected chi connectivity index (χ1v) is 10.6. The van der Waals surface area contributed by atoms with Crippen molar-refractivity contribution in [3.8, 4) is 0 Å². The number of anilines is 1. The smallest absolute Gasteiger partial charge is 0.0629 e. The molecule has 3 nitrogen and oxygen atoms in total. The summed E-state index contributed by atoms with van der Waals surface area (Å²) in [5, 5.41) is 3.67. The molecule has 0 spiro atoms. The van der Waals surface area contributed by atoms with Gasteiger partial charge in [0.2, 0.25) is 0 Å². The molecule has 1 saturated heterocycles. The van der Waals surface area contributed by atoms with E-state index in [1.54, 1.807) is 0 Å². The maximum Gasteiger partial charge on any atom is 0.0629 e. The molecule has 2 aromatic rings. The second-order valence-electron chi connectivity index (χ2n) is 8.90. The van der Waals surface area contributed by atoms with Gasteiger partial charge in [-0.1, -0.05) is 42.5 Å².